The molecule has 0 bridgehead atoms. The van der Waals surface area contributed by atoms with Gasteiger partial charge in [-0.2, -0.15) is 0 Å². The Morgan fingerprint density at radius 1 is 1.26 bits per heavy atom. The molecular weight excluding hydrogens is 260 g/mol. The van der Waals surface area contributed by atoms with Gasteiger partial charge in [-0.15, -0.1) is 0 Å². The van der Waals surface area contributed by atoms with Crippen LogP contribution < -0.4 is 4.90 Å². The van der Waals surface area contributed by atoms with E-state index in [-0.39, 0.29) is 5.91 Å². The minimum atomic E-state index is -0.164. The fourth-order valence-corrected chi connectivity index (χ4v) is 1.97. The molecule has 0 aliphatic carbocycles. The summed E-state index contributed by atoms with van der Waals surface area (Å²) in [6.45, 7) is 2.10. The molecule has 2 aromatic rings. The van der Waals surface area contributed by atoms with Gasteiger partial charge in [-0.3, -0.25) is 9.78 Å². The van der Waals surface area contributed by atoms with Gasteiger partial charge in [-0.25, -0.2) is 0 Å². The van der Waals surface area contributed by atoms with Crippen molar-refractivity contribution in [1.82, 2.24) is 4.98 Å². The predicted octanol–water partition coefficient (Wildman–Crippen LogP) is 3.57. The molecule has 0 spiro atoms. The van der Waals surface area contributed by atoms with Crippen LogP contribution in [0.3, 0.4) is 0 Å². The zero-order valence-corrected chi connectivity index (χ0v) is 11.7. The molecule has 2 rings (SSSR count). The van der Waals surface area contributed by atoms with Crippen LogP contribution in [0.5, 0.6) is 0 Å². The molecule has 0 N–H and O–H groups in total. The van der Waals surface area contributed by atoms with Crippen LogP contribution in [-0.2, 0) is 6.42 Å². The highest BCUT2D eigenvalue weighted by molar-refractivity contribution is 6.34. The third kappa shape index (κ3) is 2.93. The molecule has 3 nitrogen and oxygen atoms in total. The minimum Gasteiger partial charge on any atom is -0.311 e. The number of benzene rings is 1. The monoisotopic (exact) mass is 274 g/mol. The molecule has 0 radical (unpaired) electrons. The number of aromatic nitrogens is 1. The number of rotatable bonds is 3. The van der Waals surface area contributed by atoms with Gasteiger partial charge < -0.3 is 4.90 Å². The Hall–Kier alpha value is -1.87. The molecular formula is C15H15ClN2O. The average Bonchev–Trinajstić information content (AvgIpc) is 2.46. The van der Waals surface area contributed by atoms with Gasteiger partial charge in [0.25, 0.3) is 5.91 Å². The van der Waals surface area contributed by atoms with Crippen LogP contribution in [0.1, 0.15) is 22.8 Å². The molecule has 0 fully saturated rings. The highest BCUT2D eigenvalue weighted by atomic mass is 35.5. The van der Waals surface area contributed by atoms with Crippen LogP contribution in [0.25, 0.3) is 0 Å². The first-order valence-corrected chi connectivity index (χ1v) is 6.47. The van der Waals surface area contributed by atoms with Crippen molar-refractivity contribution in [3.8, 4) is 0 Å². The lowest BCUT2D eigenvalue weighted by Gasteiger charge is -2.18. The lowest BCUT2D eigenvalue weighted by molar-refractivity contribution is 0.0993. The van der Waals surface area contributed by atoms with E-state index in [4.69, 9.17) is 11.6 Å². The van der Waals surface area contributed by atoms with Crippen molar-refractivity contribution in [3.05, 3.63) is 58.9 Å². The number of pyridine rings is 1. The lowest BCUT2D eigenvalue weighted by atomic mass is 10.1. The fourth-order valence-electron chi connectivity index (χ4n) is 1.79. The number of amides is 1. The molecule has 0 saturated carbocycles. The summed E-state index contributed by atoms with van der Waals surface area (Å²) in [6, 6.07) is 9.51. The SMILES string of the molecule is CCc1ccc(N(C)C(=O)c2cnccc2Cl)cc1. The van der Waals surface area contributed by atoms with Crippen LogP contribution in [-0.4, -0.2) is 17.9 Å². The van der Waals surface area contributed by atoms with E-state index in [0.29, 0.717) is 10.6 Å². The number of carbonyl (C=O) groups is 1. The normalized spacial score (nSPS) is 10.3. The van der Waals surface area contributed by atoms with Gasteiger partial charge in [0.1, 0.15) is 0 Å². The summed E-state index contributed by atoms with van der Waals surface area (Å²) in [5, 5.41) is 0.414. The maximum atomic E-state index is 12.3. The zero-order valence-electron chi connectivity index (χ0n) is 10.9. The van der Waals surface area contributed by atoms with Crippen LogP contribution in [0.4, 0.5) is 5.69 Å². The van der Waals surface area contributed by atoms with Gasteiger partial charge in [0.2, 0.25) is 0 Å². The molecule has 0 aliphatic rings. The summed E-state index contributed by atoms with van der Waals surface area (Å²) in [5.41, 5.74) is 2.48. The van der Waals surface area contributed by atoms with E-state index in [1.54, 1.807) is 24.2 Å². The molecule has 1 aromatic carbocycles. The van der Waals surface area contributed by atoms with E-state index in [0.717, 1.165) is 12.1 Å². The summed E-state index contributed by atoms with van der Waals surface area (Å²) in [5.74, 6) is -0.164. The van der Waals surface area contributed by atoms with Crippen LogP contribution in [0, 0.1) is 0 Å². The quantitative estimate of drug-likeness (QED) is 0.857. The molecule has 0 aliphatic heterocycles. The Morgan fingerprint density at radius 3 is 2.53 bits per heavy atom. The first kappa shape index (κ1) is 13.6. The summed E-state index contributed by atoms with van der Waals surface area (Å²) in [6.07, 6.45) is 4.03. The van der Waals surface area contributed by atoms with Crippen molar-refractivity contribution in [2.24, 2.45) is 0 Å². The molecule has 0 unspecified atom stereocenters. The number of anilines is 1. The highest BCUT2D eigenvalue weighted by Crippen LogP contribution is 2.20. The minimum absolute atomic E-state index is 0.164. The Balaban J connectivity index is 2.26. The standard InChI is InChI=1S/C15H15ClN2O/c1-3-11-4-6-12(7-5-11)18(2)15(19)13-10-17-9-8-14(13)16/h4-10H,3H2,1-2H3. The van der Waals surface area contributed by atoms with E-state index in [9.17, 15) is 4.79 Å². The van der Waals surface area contributed by atoms with Crippen LogP contribution in [0.15, 0.2) is 42.7 Å². The summed E-state index contributed by atoms with van der Waals surface area (Å²) >= 11 is 6.01. The Kier molecular flexibility index (Phi) is 4.17. The second kappa shape index (κ2) is 5.85. The third-order valence-corrected chi connectivity index (χ3v) is 3.36. The maximum Gasteiger partial charge on any atom is 0.261 e. The van der Waals surface area contributed by atoms with E-state index in [1.807, 2.05) is 24.3 Å². The van der Waals surface area contributed by atoms with E-state index in [1.165, 1.54) is 11.8 Å². The second-order valence-electron chi connectivity index (χ2n) is 4.24. The maximum absolute atomic E-state index is 12.3. The van der Waals surface area contributed by atoms with Crippen molar-refractivity contribution in [3.63, 3.8) is 0 Å². The number of hydrogen-bond acceptors (Lipinski definition) is 2. The van der Waals surface area contributed by atoms with Crippen molar-refractivity contribution in [2.45, 2.75) is 13.3 Å². The molecule has 1 amide bonds. The number of nitrogens with zero attached hydrogens (tertiary/aromatic N) is 2. The van der Waals surface area contributed by atoms with Crippen molar-refractivity contribution >= 4 is 23.2 Å². The van der Waals surface area contributed by atoms with E-state index in [2.05, 4.69) is 11.9 Å². The molecule has 1 aromatic heterocycles. The molecule has 98 valence electrons. The van der Waals surface area contributed by atoms with Gasteiger partial charge in [-0.1, -0.05) is 30.7 Å². The molecule has 0 atom stereocenters. The van der Waals surface area contributed by atoms with Crippen LogP contribution >= 0.6 is 11.6 Å². The van der Waals surface area contributed by atoms with Crippen molar-refractivity contribution < 1.29 is 4.79 Å². The number of carbonyl (C=O) groups excluding carboxylic acids is 1. The summed E-state index contributed by atoms with van der Waals surface area (Å²) in [4.78, 5) is 17.8. The molecule has 1 heterocycles. The first-order chi connectivity index (χ1) is 9.13. The van der Waals surface area contributed by atoms with E-state index < -0.39 is 0 Å². The van der Waals surface area contributed by atoms with Gasteiger partial charge in [0.15, 0.2) is 0 Å². The van der Waals surface area contributed by atoms with Gasteiger partial charge >= 0.3 is 0 Å². The number of hydrogen-bond donors (Lipinski definition) is 0. The predicted molar refractivity (Wildman–Crippen MR) is 77.8 cm³/mol. The number of halogens is 1. The Labute approximate surface area is 117 Å². The van der Waals surface area contributed by atoms with Crippen molar-refractivity contribution in [2.75, 3.05) is 11.9 Å². The lowest BCUT2D eigenvalue weighted by Crippen LogP contribution is -2.26. The first-order valence-electron chi connectivity index (χ1n) is 6.10. The topological polar surface area (TPSA) is 33.2 Å². The zero-order chi connectivity index (χ0) is 13.8. The smallest absolute Gasteiger partial charge is 0.261 e. The molecule has 4 heteroatoms. The van der Waals surface area contributed by atoms with E-state index >= 15 is 0 Å². The Bertz CT molecular complexity index is 581. The second-order valence-corrected chi connectivity index (χ2v) is 4.65. The van der Waals surface area contributed by atoms with Gasteiger partial charge in [0.05, 0.1) is 10.6 Å². The van der Waals surface area contributed by atoms with Gasteiger partial charge in [-0.05, 0) is 30.2 Å². The highest BCUT2D eigenvalue weighted by Gasteiger charge is 2.16. The number of aryl methyl sites for hydroxylation is 1. The molecule has 19 heavy (non-hydrogen) atoms. The van der Waals surface area contributed by atoms with Gasteiger partial charge in [0, 0.05) is 25.1 Å². The Morgan fingerprint density at radius 2 is 1.95 bits per heavy atom. The fraction of sp³-hybridized carbons (Fsp3) is 0.200. The summed E-state index contributed by atoms with van der Waals surface area (Å²) < 4.78 is 0. The summed E-state index contributed by atoms with van der Waals surface area (Å²) in [7, 11) is 1.73. The molecule has 0 saturated heterocycles. The largest absolute Gasteiger partial charge is 0.311 e. The average molecular weight is 275 g/mol. The van der Waals surface area contributed by atoms with Crippen LogP contribution in [0.2, 0.25) is 5.02 Å². The third-order valence-electron chi connectivity index (χ3n) is 3.03. The van der Waals surface area contributed by atoms with Crippen molar-refractivity contribution in [1.29, 1.82) is 0 Å².